The molecule has 0 aliphatic heterocycles. The van der Waals surface area contributed by atoms with E-state index in [1.165, 1.54) is 0 Å². The zero-order chi connectivity index (χ0) is 12.7. The molecule has 1 heterocycles. The van der Waals surface area contributed by atoms with Gasteiger partial charge in [-0.3, -0.25) is 9.48 Å². The highest BCUT2D eigenvalue weighted by molar-refractivity contribution is 5.92. The third-order valence-corrected chi connectivity index (χ3v) is 2.59. The number of aromatic nitrogens is 2. The molecule has 1 aromatic rings. The molecule has 5 heteroatoms. The van der Waals surface area contributed by atoms with Gasteiger partial charge in [-0.15, -0.1) is 0 Å². The number of nitrogens with zero attached hydrogens (tertiary/aromatic N) is 2. The van der Waals surface area contributed by atoms with Crippen molar-refractivity contribution >= 4 is 5.91 Å². The Hall–Kier alpha value is -1.36. The Bertz CT molecular complexity index is 359. The maximum absolute atomic E-state index is 11.8. The first-order valence-electron chi connectivity index (χ1n) is 6.20. The molecule has 0 aromatic carbocycles. The summed E-state index contributed by atoms with van der Waals surface area (Å²) >= 11 is 0. The molecule has 0 atom stereocenters. The third-order valence-electron chi connectivity index (χ3n) is 2.59. The van der Waals surface area contributed by atoms with E-state index in [1.54, 1.807) is 11.7 Å². The van der Waals surface area contributed by atoms with Crippen LogP contribution in [0.3, 0.4) is 0 Å². The Morgan fingerprint density at radius 3 is 2.76 bits per heavy atom. The van der Waals surface area contributed by atoms with Crippen LogP contribution in [-0.4, -0.2) is 35.3 Å². The van der Waals surface area contributed by atoms with Crippen molar-refractivity contribution in [2.45, 2.75) is 26.7 Å². The lowest BCUT2D eigenvalue weighted by atomic mass is 10.3. The fourth-order valence-electron chi connectivity index (χ4n) is 1.59. The Kier molecular flexibility index (Phi) is 5.69. The van der Waals surface area contributed by atoms with E-state index in [-0.39, 0.29) is 5.91 Å². The van der Waals surface area contributed by atoms with Crippen molar-refractivity contribution in [2.75, 3.05) is 19.6 Å². The summed E-state index contributed by atoms with van der Waals surface area (Å²) in [5.74, 6) is -0.0452. The fourth-order valence-corrected chi connectivity index (χ4v) is 1.59. The van der Waals surface area contributed by atoms with Gasteiger partial charge in [-0.25, -0.2) is 0 Å². The molecule has 1 rings (SSSR count). The van der Waals surface area contributed by atoms with E-state index in [0.717, 1.165) is 31.6 Å². The van der Waals surface area contributed by atoms with Crippen LogP contribution in [0, 0.1) is 0 Å². The van der Waals surface area contributed by atoms with Gasteiger partial charge < -0.3 is 10.6 Å². The molecule has 0 radical (unpaired) electrons. The lowest BCUT2D eigenvalue weighted by Gasteiger charge is -2.05. The average molecular weight is 238 g/mol. The van der Waals surface area contributed by atoms with Crippen LogP contribution in [0.2, 0.25) is 0 Å². The van der Waals surface area contributed by atoms with Gasteiger partial charge in [0.2, 0.25) is 0 Å². The predicted octanol–water partition coefficient (Wildman–Crippen LogP) is 0.712. The molecule has 1 aromatic heterocycles. The van der Waals surface area contributed by atoms with Gasteiger partial charge >= 0.3 is 0 Å². The highest BCUT2D eigenvalue weighted by Gasteiger charge is 2.11. The van der Waals surface area contributed by atoms with Crippen LogP contribution in [0.15, 0.2) is 6.07 Å². The van der Waals surface area contributed by atoms with Crippen molar-refractivity contribution in [3.8, 4) is 0 Å². The second-order valence-corrected chi connectivity index (χ2v) is 3.96. The third kappa shape index (κ3) is 4.19. The van der Waals surface area contributed by atoms with Gasteiger partial charge in [0, 0.05) is 13.6 Å². The smallest absolute Gasteiger partial charge is 0.269 e. The van der Waals surface area contributed by atoms with Crippen molar-refractivity contribution in [3.05, 3.63) is 17.5 Å². The summed E-state index contributed by atoms with van der Waals surface area (Å²) in [5, 5.41) is 10.4. The zero-order valence-corrected chi connectivity index (χ0v) is 10.9. The Labute approximate surface area is 103 Å². The van der Waals surface area contributed by atoms with Crippen LogP contribution in [0.1, 0.15) is 36.5 Å². The van der Waals surface area contributed by atoms with E-state index in [4.69, 9.17) is 0 Å². The largest absolute Gasteiger partial charge is 0.351 e. The standard InChI is InChI=1S/C12H22N4O/c1-4-10-9-11(16(3)15-10)12(17)14-8-6-7-13-5-2/h9,13H,4-8H2,1-3H3,(H,14,17). The van der Waals surface area contributed by atoms with Crippen molar-refractivity contribution in [1.29, 1.82) is 0 Å². The summed E-state index contributed by atoms with van der Waals surface area (Å²) in [7, 11) is 1.80. The molecule has 17 heavy (non-hydrogen) atoms. The second kappa shape index (κ2) is 7.06. The topological polar surface area (TPSA) is 58.9 Å². The molecule has 0 aliphatic carbocycles. The van der Waals surface area contributed by atoms with Crippen LogP contribution in [-0.2, 0) is 13.5 Å². The van der Waals surface area contributed by atoms with E-state index in [0.29, 0.717) is 12.2 Å². The average Bonchev–Trinajstić information content (AvgIpc) is 2.70. The molecule has 0 saturated heterocycles. The lowest BCUT2D eigenvalue weighted by molar-refractivity contribution is 0.0944. The Morgan fingerprint density at radius 1 is 1.41 bits per heavy atom. The SMILES string of the molecule is CCNCCCNC(=O)c1cc(CC)nn1C. The summed E-state index contributed by atoms with van der Waals surface area (Å²) in [5.41, 5.74) is 1.58. The molecule has 1 amide bonds. The van der Waals surface area contributed by atoms with Gasteiger partial charge in [0.05, 0.1) is 5.69 Å². The predicted molar refractivity (Wildman–Crippen MR) is 68.1 cm³/mol. The zero-order valence-electron chi connectivity index (χ0n) is 10.9. The van der Waals surface area contributed by atoms with Crippen LogP contribution < -0.4 is 10.6 Å². The normalized spacial score (nSPS) is 10.5. The number of nitrogens with one attached hydrogen (secondary N) is 2. The van der Waals surface area contributed by atoms with E-state index >= 15 is 0 Å². The summed E-state index contributed by atoms with van der Waals surface area (Å²) in [6.45, 7) is 6.69. The summed E-state index contributed by atoms with van der Waals surface area (Å²) in [4.78, 5) is 11.8. The van der Waals surface area contributed by atoms with Crippen molar-refractivity contribution in [3.63, 3.8) is 0 Å². The van der Waals surface area contributed by atoms with Gasteiger partial charge in [0.15, 0.2) is 0 Å². The molecular formula is C12H22N4O. The molecule has 0 unspecified atom stereocenters. The van der Waals surface area contributed by atoms with Gasteiger partial charge in [-0.2, -0.15) is 5.10 Å². The van der Waals surface area contributed by atoms with Crippen LogP contribution in [0.25, 0.3) is 0 Å². The van der Waals surface area contributed by atoms with E-state index in [2.05, 4.69) is 22.7 Å². The van der Waals surface area contributed by atoms with Gasteiger partial charge in [0.25, 0.3) is 5.91 Å². The summed E-state index contributed by atoms with van der Waals surface area (Å²) < 4.78 is 1.64. The van der Waals surface area contributed by atoms with Crippen LogP contribution in [0.5, 0.6) is 0 Å². The molecule has 5 nitrogen and oxygen atoms in total. The maximum atomic E-state index is 11.8. The van der Waals surface area contributed by atoms with Crippen LogP contribution in [0.4, 0.5) is 0 Å². The minimum absolute atomic E-state index is 0.0452. The minimum Gasteiger partial charge on any atom is -0.351 e. The quantitative estimate of drug-likeness (QED) is 0.688. The van der Waals surface area contributed by atoms with Crippen molar-refractivity contribution < 1.29 is 4.79 Å². The van der Waals surface area contributed by atoms with E-state index < -0.39 is 0 Å². The monoisotopic (exact) mass is 238 g/mol. The molecule has 0 spiro atoms. The van der Waals surface area contributed by atoms with E-state index in [1.807, 2.05) is 13.0 Å². The van der Waals surface area contributed by atoms with Gasteiger partial charge in [-0.1, -0.05) is 13.8 Å². The number of amides is 1. The van der Waals surface area contributed by atoms with E-state index in [9.17, 15) is 4.79 Å². The number of carbonyl (C=O) groups excluding carboxylic acids is 1. The number of hydrogen-bond acceptors (Lipinski definition) is 3. The maximum Gasteiger partial charge on any atom is 0.269 e. The number of hydrogen-bond donors (Lipinski definition) is 2. The summed E-state index contributed by atoms with van der Waals surface area (Å²) in [6.07, 6.45) is 1.79. The molecule has 2 N–H and O–H groups in total. The molecule has 0 saturated carbocycles. The Morgan fingerprint density at radius 2 is 2.18 bits per heavy atom. The highest BCUT2D eigenvalue weighted by Crippen LogP contribution is 2.03. The first-order valence-corrected chi connectivity index (χ1v) is 6.20. The van der Waals surface area contributed by atoms with Gasteiger partial charge in [0.1, 0.15) is 5.69 Å². The van der Waals surface area contributed by atoms with Crippen molar-refractivity contribution in [2.24, 2.45) is 7.05 Å². The van der Waals surface area contributed by atoms with Crippen molar-refractivity contribution in [1.82, 2.24) is 20.4 Å². The lowest BCUT2D eigenvalue weighted by Crippen LogP contribution is -2.28. The summed E-state index contributed by atoms with van der Waals surface area (Å²) in [6, 6.07) is 1.85. The molecule has 0 fully saturated rings. The number of rotatable bonds is 7. The molecule has 0 bridgehead atoms. The molecular weight excluding hydrogens is 216 g/mol. The first-order chi connectivity index (χ1) is 8.19. The fraction of sp³-hybridized carbons (Fsp3) is 0.667. The van der Waals surface area contributed by atoms with Crippen LogP contribution >= 0.6 is 0 Å². The first kappa shape index (κ1) is 13.7. The number of carbonyl (C=O) groups is 1. The molecule has 96 valence electrons. The second-order valence-electron chi connectivity index (χ2n) is 3.96. The number of aryl methyl sites for hydroxylation is 2. The minimum atomic E-state index is -0.0452. The highest BCUT2D eigenvalue weighted by atomic mass is 16.2. The molecule has 0 aliphatic rings. The van der Waals surface area contributed by atoms with Gasteiger partial charge in [-0.05, 0) is 32.0 Å². The Balaban J connectivity index is 2.38.